The van der Waals surface area contributed by atoms with E-state index in [0.29, 0.717) is 23.7 Å². The number of amides is 1. The highest BCUT2D eigenvalue weighted by Gasteiger charge is 2.32. The second-order valence-corrected chi connectivity index (χ2v) is 5.63. The van der Waals surface area contributed by atoms with Crippen LogP contribution in [0.15, 0.2) is 18.5 Å². The number of piperidine rings is 1. The van der Waals surface area contributed by atoms with Crippen molar-refractivity contribution in [1.29, 1.82) is 0 Å². The minimum atomic E-state index is -0.161. The number of aromatic nitrogens is 1. The van der Waals surface area contributed by atoms with E-state index in [9.17, 15) is 4.79 Å². The summed E-state index contributed by atoms with van der Waals surface area (Å²) < 4.78 is 5.33. The zero-order valence-corrected chi connectivity index (χ0v) is 12.4. The molecule has 5 nitrogen and oxygen atoms in total. The molecule has 0 atom stereocenters. The van der Waals surface area contributed by atoms with Gasteiger partial charge in [-0.25, -0.2) is 0 Å². The van der Waals surface area contributed by atoms with Crippen LogP contribution in [0.4, 0.5) is 0 Å². The van der Waals surface area contributed by atoms with Crippen LogP contribution in [0.5, 0.6) is 0 Å². The topological polar surface area (TPSA) is 63.2 Å². The Bertz CT molecular complexity index is 456. The molecule has 1 amide bonds. The Balaban J connectivity index is 1.99. The lowest BCUT2D eigenvalue weighted by atomic mass is 9.79. The smallest absolute Gasteiger partial charge is 0.252 e. The molecule has 1 saturated heterocycles. The summed E-state index contributed by atoms with van der Waals surface area (Å²) in [5.74, 6) is -0.161. The molecule has 0 aromatic carbocycles. The van der Waals surface area contributed by atoms with Gasteiger partial charge in [0.2, 0.25) is 0 Å². The molecule has 0 radical (unpaired) electrons. The maximum Gasteiger partial charge on any atom is 0.252 e. The molecule has 6 heteroatoms. The lowest BCUT2D eigenvalue weighted by molar-refractivity contribution is 0.0512. The van der Waals surface area contributed by atoms with Crippen LogP contribution in [0.1, 0.15) is 23.2 Å². The molecule has 1 aliphatic rings. The monoisotopic (exact) mass is 297 g/mol. The van der Waals surface area contributed by atoms with Gasteiger partial charge in [-0.15, -0.1) is 0 Å². The third-order valence-corrected chi connectivity index (χ3v) is 4.06. The van der Waals surface area contributed by atoms with Crippen molar-refractivity contribution < 1.29 is 9.53 Å². The van der Waals surface area contributed by atoms with Crippen LogP contribution in [0.2, 0.25) is 5.02 Å². The Morgan fingerprint density at radius 3 is 2.95 bits per heavy atom. The summed E-state index contributed by atoms with van der Waals surface area (Å²) in [5.41, 5.74) is 0.470. The largest absolute Gasteiger partial charge is 0.384 e. The van der Waals surface area contributed by atoms with Gasteiger partial charge in [-0.05, 0) is 32.0 Å². The van der Waals surface area contributed by atoms with Crippen molar-refractivity contribution >= 4 is 17.5 Å². The van der Waals surface area contributed by atoms with Crippen LogP contribution >= 0.6 is 11.6 Å². The van der Waals surface area contributed by atoms with Gasteiger partial charge in [0.25, 0.3) is 5.91 Å². The van der Waals surface area contributed by atoms with Crippen molar-refractivity contribution in [2.45, 2.75) is 12.8 Å². The van der Waals surface area contributed by atoms with E-state index in [1.54, 1.807) is 19.4 Å². The summed E-state index contributed by atoms with van der Waals surface area (Å²) in [6.07, 6.45) is 5.03. The normalized spacial score (nSPS) is 17.7. The van der Waals surface area contributed by atoms with Gasteiger partial charge in [0, 0.05) is 31.5 Å². The minimum absolute atomic E-state index is 0.00909. The number of rotatable bonds is 5. The number of nitrogens with one attached hydrogen (secondary N) is 2. The minimum Gasteiger partial charge on any atom is -0.384 e. The first kappa shape index (κ1) is 15.2. The van der Waals surface area contributed by atoms with E-state index >= 15 is 0 Å². The summed E-state index contributed by atoms with van der Waals surface area (Å²) in [5, 5.41) is 6.68. The summed E-state index contributed by atoms with van der Waals surface area (Å²) in [6.45, 7) is 3.16. The number of pyridine rings is 1. The van der Waals surface area contributed by atoms with E-state index in [1.165, 1.54) is 6.20 Å². The standard InChI is InChI=1S/C14H20ClN3O2/c1-20-10-14(3-6-16-7-4-14)9-18-13(19)11-2-5-17-8-12(11)15/h2,5,8,16H,3-4,6-7,9-10H2,1H3,(H,18,19). The zero-order valence-electron chi connectivity index (χ0n) is 11.6. The molecule has 0 bridgehead atoms. The van der Waals surface area contributed by atoms with E-state index in [1.807, 2.05) is 0 Å². The Morgan fingerprint density at radius 2 is 2.30 bits per heavy atom. The van der Waals surface area contributed by atoms with Crippen molar-refractivity contribution in [3.63, 3.8) is 0 Å². The Kier molecular flexibility index (Phi) is 5.34. The Morgan fingerprint density at radius 1 is 1.55 bits per heavy atom. The van der Waals surface area contributed by atoms with Gasteiger partial charge < -0.3 is 15.4 Å². The van der Waals surface area contributed by atoms with E-state index in [4.69, 9.17) is 16.3 Å². The van der Waals surface area contributed by atoms with Crippen LogP contribution < -0.4 is 10.6 Å². The number of hydrogen-bond donors (Lipinski definition) is 2. The van der Waals surface area contributed by atoms with Gasteiger partial charge in [0.1, 0.15) is 0 Å². The predicted octanol–water partition coefficient (Wildman–Crippen LogP) is 1.48. The van der Waals surface area contributed by atoms with Crippen molar-refractivity contribution in [3.8, 4) is 0 Å². The highest BCUT2D eigenvalue weighted by atomic mass is 35.5. The first-order chi connectivity index (χ1) is 9.67. The van der Waals surface area contributed by atoms with E-state index in [0.717, 1.165) is 25.9 Å². The average Bonchev–Trinajstić information content (AvgIpc) is 2.47. The summed E-state index contributed by atoms with van der Waals surface area (Å²) in [4.78, 5) is 16.1. The molecule has 2 N–H and O–H groups in total. The molecule has 0 unspecified atom stereocenters. The van der Waals surface area contributed by atoms with Gasteiger partial charge in [-0.1, -0.05) is 11.6 Å². The SMILES string of the molecule is COCC1(CNC(=O)c2ccncc2Cl)CCNCC1. The average molecular weight is 298 g/mol. The van der Waals surface area contributed by atoms with E-state index < -0.39 is 0 Å². The molecule has 0 aliphatic carbocycles. The van der Waals surface area contributed by atoms with Gasteiger partial charge in [0.05, 0.1) is 17.2 Å². The van der Waals surface area contributed by atoms with Crippen LogP contribution in [0.3, 0.4) is 0 Å². The van der Waals surface area contributed by atoms with Crippen molar-refractivity contribution in [2.24, 2.45) is 5.41 Å². The zero-order chi connectivity index (χ0) is 14.4. The molecule has 1 aromatic heterocycles. The molecular weight excluding hydrogens is 278 g/mol. The molecule has 2 heterocycles. The lowest BCUT2D eigenvalue weighted by Gasteiger charge is -2.37. The maximum absolute atomic E-state index is 12.2. The molecular formula is C14H20ClN3O2. The highest BCUT2D eigenvalue weighted by molar-refractivity contribution is 6.33. The van der Waals surface area contributed by atoms with Crippen LogP contribution in [-0.2, 0) is 4.74 Å². The summed E-state index contributed by atoms with van der Waals surface area (Å²) in [7, 11) is 1.70. The quantitative estimate of drug-likeness (QED) is 0.864. The second-order valence-electron chi connectivity index (χ2n) is 5.22. The van der Waals surface area contributed by atoms with Crippen LogP contribution in [0.25, 0.3) is 0 Å². The Labute approximate surface area is 124 Å². The van der Waals surface area contributed by atoms with Gasteiger partial charge in [0.15, 0.2) is 0 Å². The predicted molar refractivity (Wildman–Crippen MR) is 78.0 cm³/mol. The van der Waals surface area contributed by atoms with Crippen molar-refractivity contribution in [3.05, 3.63) is 29.0 Å². The third kappa shape index (κ3) is 3.69. The van der Waals surface area contributed by atoms with Crippen LogP contribution in [0, 0.1) is 5.41 Å². The summed E-state index contributed by atoms with van der Waals surface area (Å²) >= 11 is 5.98. The fourth-order valence-corrected chi connectivity index (χ4v) is 2.76. The van der Waals surface area contributed by atoms with E-state index in [2.05, 4.69) is 15.6 Å². The maximum atomic E-state index is 12.2. The van der Waals surface area contributed by atoms with Crippen LogP contribution in [-0.4, -0.2) is 44.2 Å². The molecule has 1 aliphatic heterocycles. The second kappa shape index (κ2) is 7.02. The third-order valence-electron chi connectivity index (χ3n) is 3.76. The van der Waals surface area contributed by atoms with Crippen molar-refractivity contribution in [2.75, 3.05) is 33.4 Å². The molecule has 0 spiro atoms. The molecule has 1 fully saturated rings. The number of carbonyl (C=O) groups is 1. The number of hydrogen-bond acceptors (Lipinski definition) is 4. The van der Waals surface area contributed by atoms with E-state index in [-0.39, 0.29) is 11.3 Å². The van der Waals surface area contributed by atoms with Crippen molar-refractivity contribution in [1.82, 2.24) is 15.6 Å². The molecule has 110 valence electrons. The fourth-order valence-electron chi connectivity index (χ4n) is 2.56. The molecule has 20 heavy (non-hydrogen) atoms. The molecule has 1 aromatic rings. The van der Waals surface area contributed by atoms with Gasteiger partial charge in [-0.2, -0.15) is 0 Å². The first-order valence-corrected chi connectivity index (χ1v) is 7.12. The first-order valence-electron chi connectivity index (χ1n) is 6.74. The van der Waals surface area contributed by atoms with Gasteiger partial charge >= 0.3 is 0 Å². The number of methoxy groups -OCH3 is 1. The molecule has 2 rings (SSSR count). The number of ether oxygens (including phenoxy) is 1. The lowest BCUT2D eigenvalue weighted by Crippen LogP contribution is -2.47. The molecule has 0 saturated carbocycles. The Hall–Kier alpha value is -1.17. The highest BCUT2D eigenvalue weighted by Crippen LogP contribution is 2.28. The summed E-state index contributed by atoms with van der Waals surface area (Å²) in [6, 6.07) is 1.63. The fraction of sp³-hybridized carbons (Fsp3) is 0.571. The number of nitrogens with zero attached hydrogens (tertiary/aromatic N) is 1. The number of halogens is 1. The van der Waals surface area contributed by atoms with Gasteiger partial charge in [-0.3, -0.25) is 9.78 Å². The number of carbonyl (C=O) groups excluding carboxylic acids is 1.